The highest BCUT2D eigenvalue weighted by atomic mass is 16.5. The van der Waals surface area contributed by atoms with E-state index >= 15 is 0 Å². The van der Waals surface area contributed by atoms with E-state index in [2.05, 4.69) is 19.1 Å². The maximum Gasteiger partial charge on any atom is 0.130 e. The van der Waals surface area contributed by atoms with Crippen molar-refractivity contribution in [1.29, 1.82) is 0 Å². The van der Waals surface area contributed by atoms with Crippen molar-refractivity contribution in [1.82, 2.24) is 0 Å². The van der Waals surface area contributed by atoms with Gasteiger partial charge in [-0.05, 0) is 19.1 Å². The molecule has 12 heavy (non-hydrogen) atoms. The van der Waals surface area contributed by atoms with Gasteiger partial charge in [0.15, 0.2) is 0 Å². The summed E-state index contributed by atoms with van der Waals surface area (Å²) in [6.45, 7) is 4.18. The fourth-order valence-corrected chi connectivity index (χ4v) is 1.60. The highest BCUT2D eigenvalue weighted by Crippen LogP contribution is 2.33. The summed E-state index contributed by atoms with van der Waals surface area (Å²) in [5, 5.41) is 0. The third-order valence-corrected chi connectivity index (χ3v) is 2.17. The van der Waals surface area contributed by atoms with Crippen LogP contribution in [0.2, 0.25) is 0 Å². The van der Waals surface area contributed by atoms with Gasteiger partial charge < -0.3 is 4.74 Å². The van der Waals surface area contributed by atoms with Gasteiger partial charge in [0.2, 0.25) is 0 Å². The number of para-hydroxylation sites is 1. The molecule has 1 unspecified atom stereocenters. The first kappa shape index (κ1) is 7.41. The van der Waals surface area contributed by atoms with Crippen LogP contribution in [0.5, 0.6) is 5.75 Å². The van der Waals surface area contributed by atoms with Gasteiger partial charge in [-0.25, -0.2) is 0 Å². The van der Waals surface area contributed by atoms with Crippen molar-refractivity contribution in [3.63, 3.8) is 0 Å². The molecule has 0 N–H and O–H groups in total. The van der Waals surface area contributed by atoms with Crippen molar-refractivity contribution in [2.24, 2.45) is 0 Å². The second kappa shape index (κ2) is 2.67. The van der Waals surface area contributed by atoms with Crippen LogP contribution in [0, 0.1) is 0 Å². The molecule has 1 atom stereocenters. The Morgan fingerprint density at radius 3 is 2.83 bits per heavy atom. The zero-order valence-electron chi connectivity index (χ0n) is 7.37. The van der Waals surface area contributed by atoms with Crippen molar-refractivity contribution < 1.29 is 4.74 Å². The van der Waals surface area contributed by atoms with Gasteiger partial charge in [0.1, 0.15) is 5.75 Å². The summed E-state index contributed by atoms with van der Waals surface area (Å²) in [6.07, 6.45) is 2.14. The molecule has 1 heterocycles. The minimum absolute atomic E-state index is 0.481. The molecule has 1 aromatic carbocycles. The minimum atomic E-state index is 0.481. The average Bonchev–Trinajstić information content (AvgIpc) is 2.04. The molecule has 0 amide bonds. The summed E-state index contributed by atoms with van der Waals surface area (Å²) in [4.78, 5) is 0. The molecule has 2 rings (SSSR count). The van der Waals surface area contributed by atoms with Gasteiger partial charge >= 0.3 is 0 Å². The molecular formula is C11H12O. The Morgan fingerprint density at radius 2 is 2.00 bits per heavy atom. The maximum absolute atomic E-state index is 5.56. The lowest BCUT2D eigenvalue weighted by atomic mass is 9.98. The molecule has 0 radical (unpaired) electrons. The van der Waals surface area contributed by atoms with Crippen molar-refractivity contribution in [2.75, 3.05) is 0 Å². The van der Waals surface area contributed by atoms with E-state index in [1.807, 2.05) is 25.1 Å². The molecule has 1 aromatic rings. The molecule has 0 aromatic heterocycles. The van der Waals surface area contributed by atoms with Crippen LogP contribution in [-0.4, -0.2) is 0 Å². The van der Waals surface area contributed by atoms with Crippen LogP contribution < -0.4 is 4.74 Å². The van der Waals surface area contributed by atoms with E-state index in [4.69, 9.17) is 4.74 Å². The standard InChI is InChI=1S/C11H12O/c1-8-7-9(2)12-11-6-4-3-5-10(8)11/h3-8H,1-2H3. The van der Waals surface area contributed by atoms with Gasteiger partial charge in [0.05, 0.1) is 5.76 Å². The third-order valence-electron chi connectivity index (χ3n) is 2.17. The zero-order valence-corrected chi connectivity index (χ0v) is 7.37. The first-order chi connectivity index (χ1) is 5.77. The van der Waals surface area contributed by atoms with Gasteiger partial charge in [0, 0.05) is 11.5 Å². The Kier molecular flexibility index (Phi) is 1.65. The molecule has 0 saturated heterocycles. The predicted octanol–water partition coefficient (Wildman–Crippen LogP) is 3.09. The summed E-state index contributed by atoms with van der Waals surface area (Å²) in [6, 6.07) is 8.18. The average molecular weight is 160 g/mol. The van der Waals surface area contributed by atoms with E-state index in [9.17, 15) is 0 Å². The first-order valence-electron chi connectivity index (χ1n) is 4.22. The summed E-state index contributed by atoms with van der Waals surface area (Å²) in [5.74, 6) is 2.49. The topological polar surface area (TPSA) is 9.23 Å². The predicted molar refractivity (Wildman–Crippen MR) is 49.2 cm³/mol. The smallest absolute Gasteiger partial charge is 0.130 e. The SMILES string of the molecule is CC1=CC(C)c2ccccc2O1. The maximum atomic E-state index is 5.56. The molecule has 0 fully saturated rings. The van der Waals surface area contributed by atoms with Gasteiger partial charge in [0.25, 0.3) is 0 Å². The van der Waals surface area contributed by atoms with Crippen LogP contribution in [-0.2, 0) is 0 Å². The number of allylic oxidation sites excluding steroid dienone is 2. The molecule has 0 saturated carbocycles. The Hall–Kier alpha value is -1.24. The van der Waals surface area contributed by atoms with E-state index in [-0.39, 0.29) is 0 Å². The lowest BCUT2D eigenvalue weighted by molar-refractivity contribution is 0.405. The molecule has 0 bridgehead atoms. The second-order valence-electron chi connectivity index (χ2n) is 3.21. The van der Waals surface area contributed by atoms with Gasteiger partial charge in [-0.1, -0.05) is 25.1 Å². The van der Waals surface area contributed by atoms with E-state index in [0.717, 1.165) is 11.5 Å². The van der Waals surface area contributed by atoms with Crippen molar-refractivity contribution in [2.45, 2.75) is 19.8 Å². The van der Waals surface area contributed by atoms with Crippen LogP contribution in [0.3, 0.4) is 0 Å². The van der Waals surface area contributed by atoms with Crippen LogP contribution in [0.25, 0.3) is 0 Å². The fraction of sp³-hybridized carbons (Fsp3) is 0.273. The molecule has 0 spiro atoms. The quantitative estimate of drug-likeness (QED) is 0.566. The molecule has 1 nitrogen and oxygen atoms in total. The lowest BCUT2D eigenvalue weighted by Gasteiger charge is -2.20. The van der Waals surface area contributed by atoms with E-state index in [1.54, 1.807) is 0 Å². The Morgan fingerprint density at radius 1 is 1.25 bits per heavy atom. The van der Waals surface area contributed by atoms with Crippen molar-refractivity contribution >= 4 is 0 Å². The number of fused-ring (bicyclic) bond motifs is 1. The number of hydrogen-bond donors (Lipinski definition) is 0. The second-order valence-corrected chi connectivity index (χ2v) is 3.21. The third kappa shape index (κ3) is 1.11. The zero-order chi connectivity index (χ0) is 8.55. The summed E-state index contributed by atoms with van der Waals surface area (Å²) in [7, 11) is 0. The van der Waals surface area contributed by atoms with Crippen LogP contribution in [0.15, 0.2) is 36.1 Å². The summed E-state index contributed by atoms with van der Waals surface area (Å²) >= 11 is 0. The molecule has 0 aliphatic carbocycles. The monoisotopic (exact) mass is 160 g/mol. The highest BCUT2D eigenvalue weighted by Gasteiger charge is 2.14. The van der Waals surface area contributed by atoms with E-state index in [0.29, 0.717) is 5.92 Å². The minimum Gasteiger partial charge on any atom is -0.462 e. The van der Waals surface area contributed by atoms with E-state index in [1.165, 1.54) is 5.56 Å². The van der Waals surface area contributed by atoms with Crippen LogP contribution >= 0.6 is 0 Å². The first-order valence-corrected chi connectivity index (χ1v) is 4.22. The number of ether oxygens (including phenoxy) is 1. The Balaban J connectivity index is 2.48. The van der Waals surface area contributed by atoms with Gasteiger partial charge in [-0.3, -0.25) is 0 Å². The van der Waals surface area contributed by atoms with Gasteiger partial charge in [-0.2, -0.15) is 0 Å². The molecule has 1 aliphatic heterocycles. The number of rotatable bonds is 0. The molecule has 1 aliphatic rings. The van der Waals surface area contributed by atoms with Crippen LogP contribution in [0.4, 0.5) is 0 Å². The molecular weight excluding hydrogens is 148 g/mol. The largest absolute Gasteiger partial charge is 0.462 e. The van der Waals surface area contributed by atoms with Gasteiger partial charge in [-0.15, -0.1) is 0 Å². The highest BCUT2D eigenvalue weighted by molar-refractivity contribution is 5.41. The number of hydrogen-bond acceptors (Lipinski definition) is 1. The Labute approximate surface area is 72.7 Å². The van der Waals surface area contributed by atoms with Crippen molar-refractivity contribution in [3.05, 3.63) is 41.7 Å². The lowest BCUT2D eigenvalue weighted by Crippen LogP contribution is -2.04. The van der Waals surface area contributed by atoms with E-state index < -0.39 is 0 Å². The summed E-state index contributed by atoms with van der Waals surface area (Å²) < 4.78 is 5.56. The fourth-order valence-electron chi connectivity index (χ4n) is 1.60. The normalized spacial score (nSPS) is 20.8. The number of benzene rings is 1. The van der Waals surface area contributed by atoms with Crippen molar-refractivity contribution in [3.8, 4) is 5.75 Å². The molecule has 62 valence electrons. The Bertz CT molecular complexity index is 326. The summed E-state index contributed by atoms with van der Waals surface area (Å²) in [5.41, 5.74) is 1.28. The molecule has 1 heteroatoms. The van der Waals surface area contributed by atoms with Crippen LogP contribution in [0.1, 0.15) is 25.3 Å².